The third kappa shape index (κ3) is 3.04. The lowest BCUT2D eigenvalue weighted by Crippen LogP contribution is -2.36. The number of hydrogen-bond donors (Lipinski definition) is 2. The van der Waals surface area contributed by atoms with Crippen molar-refractivity contribution in [1.29, 1.82) is 0 Å². The van der Waals surface area contributed by atoms with E-state index in [2.05, 4.69) is 27.5 Å². The maximum Gasteiger partial charge on any atom is 0.246 e. The van der Waals surface area contributed by atoms with E-state index in [0.717, 1.165) is 30.4 Å². The molecule has 5 rings (SSSR count). The van der Waals surface area contributed by atoms with Gasteiger partial charge in [-0.25, -0.2) is 18.7 Å². The van der Waals surface area contributed by atoms with Gasteiger partial charge in [-0.1, -0.05) is 25.1 Å². The molecule has 2 aromatic heterocycles. The molecule has 3 atom stereocenters. The molecule has 30 heavy (non-hydrogen) atoms. The highest BCUT2D eigenvalue weighted by Crippen LogP contribution is 2.42. The van der Waals surface area contributed by atoms with Gasteiger partial charge >= 0.3 is 0 Å². The summed E-state index contributed by atoms with van der Waals surface area (Å²) in [6.45, 7) is 3.99. The van der Waals surface area contributed by atoms with Gasteiger partial charge in [0, 0.05) is 17.4 Å². The van der Waals surface area contributed by atoms with Crippen LogP contribution < -0.4 is 10.6 Å². The summed E-state index contributed by atoms with van der Waals surface area (Å²) in [5, 5.41) is 11.8. The summed E-state index contributed by atoms with van der Waals surface area (Å²) in [4.78, 5) is 20.3. The molecule has 1 aromatic carbocycles. The Morgan fingerprint density at radius 1 is 1.20 bits per heavy atom. The van der Waals surface area contributed by atoms with Gasteiger partial charge in [-0.2, -0.15) is 5.10 Å². The third-order valence-corrected chi connectivity index (χ3v) is 6.11. The van der Waals surface area contributed by atoms with Gasteiger partial charge in [0.15, 0.2) is 0 Å². The number of amides is 1. The molecule has 0 radical (unpaired) electrons. The standard InChI is InChI=1S/C21H22F2N6O/c1-11-9-24-7-6-14(11)29-15-5-3-2-4-12(15)18(28-29)19-17-13(20(22)23)8-16(30)27-21(17)26-10-25-19/h2-5,10-11,13-14,20,24H,6-9H2,1H3,(H,25,26,27,30)/t11-,13?,14+/m1/s1. The average molecular weight is 412 g/mol. The van der Waals surface area contributed by atoms with E-state index in [1.807, 2.05) is 28.9 Å². The molecule has 4 heterocycles. The molecule has 1 unspecified atom stereocenters. The fourth-order valence-corrected chi connectivity index (χ4v) is 4.62. The minimum Gasteiger partial charge on any atom is -0.316 e. The van der Waals surface area contributed by atoms with Crippen LogP contribution in [-0.2, 0) is 4.79 Å². The summed E-state index contributed by atoms with van der Waals surface area (Å²) in [6.07, 6.45) is -0.764. The number of hydrogen-bond acceptors (Lipinski definition) is 5. The molecule has 9 heteroatoms. The maximum atomic E-state index is 13.9. The topological polar surface area (TPSA) is 84.7 Å². The normalized spacial score (nSPS) is 24.1. The predicted molar refractivity (Wildman–Crippen MR) is 108 cm³/mol. The number of carbonyl (C=O) groups excluding carboxylic acids is 1. The number of benzene rings is 1. The SMILES string of the molecule is C[C@@H]1CNCC[C@@H]1n1nc(-c2ncnc3c2C(C(F)F)CC(=O)N3)c2ccccc21. The molecule has 0 saturated carbocycles. The van der Waals surface area contributed by atoms with Crippen LogP contribution in [0, 0.1) is 5.92 Å². The Balaban J connectivity index is 1.72. The number of carbonyl (C=O) groups is 1. The van der Waals surface area contributed by atoms with E-state index in [4.69, 9.17) is 5.10 Å². The molecular weight excluding hydrogens is 390 g/mol. The molecule has 2 N–H and O–H groups in total. The number of halogens is 2. The third-order valence-electron chi connectivity index (χ3n) is 6.11. The number of anilines is 1. The molecule has 3 aromatic rings. The van der Waals surface area contributed by atoms with E-state index >= 15 is 0 Å². The van der Waals surface area contributed by atoms with E-state index < -0.39 is 18.3 Å². The van der Waals surface area contributed by atoms with Crippen LogP contribution in [0.3, 0.4) is 0 Å². The van der Waals surface area contributed by atoms with Crippen LogP contribution >= 0.6 is 0 Å². The quantitative estimate of drug-likeness (QED) is 0.689. The van der Waals surface area contributed by atoms with Crippen molar-refractivity contribution in [2.45, 2.75) is 38.2 Å². The van der Waals surface area contributed by atoms with Gasteiger partial charge in [0.25, 0.3) is 0 Å². The molecule has 156 valence electrons. The molecule has 1 fully saturated rings. The summed E-state index contributed by atoms with van der Waals surface area (Å²) in [5.41, 5.74) is 2.13. The zero-order valence-corrected chi connectivity index (χ0v) is 16.5. The number of alkyl halides is 2. The highest BCUT2D eigenvalue weighted by molar-refractivity contribution is 5.98. The highest BCUT2D eigenvalue weighted by Gasteiger charge is 2.37. The first-order valence-corrected chi connectivity index (χ1v) is 10.2. The summed E-state index contributed by atoms with van der Waals surface area (Å²) in [6, 6.07) is 8.00. The van der Waals surface area contributed by atoms with Crippen LogP contribution in [0.1, 0.15) is 37.3 Å². The number of rotatable bonds is 3. The molecule has 0 bridgehead atoms. The van der Waals surface area contributed by atoms with E-state index in [1.165, 1.54) is 6.33 Å². The van der Waals surface area contributed by atoms with Crippen molar-refractivity contribution in [3.05, 3.63) is 36.2 Å². The number of nitrogens with one attached hydrogen (secondary N) is 2. The molecule has 7 nitrogen and oxygen atoms in total. The molecule has 2 aliphatic rings. The van der Waals surface area contributed by atoms with Crippen molar-refractivity contribution in [2.24, 2.45) is 5.92 Å². The Morgan fingerprint density at radius 3 is 2.83 bits per heavy atom. The predicted octanol–water partition coefficient (Wildman–Crippen LogP) is 3.35. The summed E-state index contributed by atoms with van der Waals surface area (Å²) < 4.78 is 29.7. The molecule has 1 saturated heterocycles. The Bertz CT molecular complexity index is 1110. The van der Waals surface area contributed by atoms with Crippen LogP contribution in [0.2, 0.25) is 0 Å². The number of aromatic nitrogens is 4. The summed E-state index contributed by atoms with van der Waals surface area (Å²) in [7, 11) is 0. The van der Waals surface area contributed by atoms with Gasteiger partial charge in [0.2, 0.25) is 12.3 Å². The average Bonchev–Trinajstić information content (AvgIpc) is 3.12. The number of piperidine rings is 1. The van der Waals surface area contributed by atoms with Gasteiger partial charge < -0.3 is 10.6 Å². The zero-order chi connectivity index (χ0) is 20.8. The fourth-order valence-electron chi connectivity index (χ4n) is 4.62. The lowest BCUT2D eigenvalue weighted by atomic mass is 9.90. The Morgan fingerprint density at radius 2 is 2.03 bits per heavy atom. The second-order valence-electron chi connectivity index (χ2n) is 8.03. The fraction of sp³-hybridized carbons (Fsp3) is 0.429. The molecule has 1 amide bonds. The van der Waals surface area contributed by atoms with Gasteiger partial charge in [0.1, 0.15) is 23.5 Å². The lowest BCUT2D eigenvalue weighted by molar-refractivity contribution is -0.117. The Labute approximate surface area is 171 Å². The summed E-state index contributed by atoms with van der Waals surface area (Å²) >= 11 is 0. The largest absolute Gasteiger partial charge is 0.316 e. The summed E-state index contributed by atoms with van der Waals surface area (Å²) in [5.74, 6) is -1.19. The van der Waals surface area contributed by atoms with Crippen molar-refractivity contribution >= 4 is 22.6 Å². The first-order valence-electron chi connectivity index (χ1n) is 10.2. The van der Waals surface area contributed by atoms with Gasteiger partial charge in [-0.15, -0.1) is 0 Å². The maximum absolute atomic E-state index is 13.9. The van der Waals surface area contributed by atoms with Crippen molar-refractivity contribution < 1.29 is 13.6 Å². The van der Waals surface area contributed by atoms with E-state index in [9.17, 15) is 13.6 Å². The Kier molecular flexibility index (Phi) is 4.69. The molecule has 0 aliphatic carbocycles. The number of fused-ring (bicyclic) bond motifs is 2. The Hall–Kier alpha value is -2.94. The minimum atomic E-state index is -2.70. The van der Waals surface area contributed by atoms with Crippen molar-refractivity contribution in [2.75, 3.05) is 18.4 Å². The monoisotopic (exact) mass is 412 g/mol. The van der Waals surface area contributed by atoms with Gasteiger partial charge in [-0.05, 0) is 31.5 Å². The van der Waals surface area contributed by atoms with Crippen LogP contribution in [0.4, 0.5) is 14.6 Å². The van der Waals surface area contributed by atoms with Crippen molar-refractivity contribution in [3.63, 3.8) is 0 Å². The second-order valence-corrected chi connectivity index (χ2v) is 8.03. The minimum absolute atomic E-state index is 0.149. The second kappa shape index (κ2) is 7.39. The van der Waals surface area contributed by atoms with E-state index in [1.54, 1.807) is 0 Å². The van der Waals surface area contributed by atoms with Gasteiger partial charge in [-0.3, -0.25) is 9.48 Å². The van der Waals surface area contributed by atoms with Gasteiger partial charge in [0.05, 0.1) is 17.5 Å². The number of para-hydroxylation sites is 1. The zero-order valence-electron chi connectivity index (χ0n) is 16.5. The first kappa shape index (κ1) is 19.0. The van der Waals surface area contributed by atoms with E-state index in [-0.39, 0.29) is 23.8 Å². The first-order chi connectivity index (χ1) is 14.5. The molecule has 0 spiro atoms. The van der Waals surface area contributed by atoms with Crippen molar-refractivity contribution in [1.82, 2.24) is 25.1 Å². The molecular formula is C21H22F2N6O. The van der Waals surface area contributed by atoms with Crippen LogP contribution in [0.5, 0.6) is 0 Å². The van der Waals surface area contributed by atoms with Crippen LogP contribution in [0.15, 0.2) is 30.6 Å². The van der Waals surface area contributed by atoms with Crippen LogP contribution in [0.25, 0.3) is 22.3 Å². The highest BCUT2D eigenvalue weighted by atomic mass is 19.3. The smallest absolute Gasteiger partial charge is 0.246 e. The lowest BCUT2D eigenvalue weighted by Gasteiger charge is -2.30. The van der Waals surface area contributed by atoms with Crippen molar-refractivity contribution in [3.8, 4) is 11.4 Å². The molecule has 2 aliphatic heterocycles. The van der Waals surface area contributed by atoms with Crippen LogP contribution in [-0.4, -0.2) is 45.2 Å². The van der Waals surface area contributed by atoms with E-state index in [0.29, 0.717) is 17.3 Å². The number of nitrogens with zero attached hydrogens (tertiary/aromatic N) is 4.